The Labute approximate surface area is 148 Å². The molecule has 0 atom stereocenters. The van der Waals surface area contributed by atoms with Crippen molar-refractivity contribution in [2.45, 2.75) is 12.7 Å². The van der Waals surface area contributed by atoms with Crippen molar-refractivity contribution in [3.63, 3.8) is 0 Å². The minimum atomic E-state index is -0.0542. The lowest BCUT2D eigenvalue weighted by atomic mass is 10.2. The third-order valence-electron chi connectivity index (χ3n) is 3.37. The maximum absolute atomic E-state index is 12.1. The zero-order valence-corrected chi connectivity index (χ0v) is 14.8. The summed E-state index contributed by atoms with van der Waals surface area (Å²) >= 11 is 1.82. The van der Waals surface area contributed by atoms with Crippen molar-refractivity contribution < 1.29 is 9.53 Å². The van der Waals surface area contributed by atoms with Crippen LogP contribution in [0, 0.1) is 6.92 Å². The third-order valence-corrected chi connectivity index (χ3v) is 4.40. The lowest BCUT2D eigenvalue weighted by molar-refractivity contribution is 0.0956. The largest absolute Gasteiger partial charge is 0.490 e. The van der Waals surface area contributed by atoms with Gasteiger partial charge < -0.3 is 10.1 Å². The molecule has 3 nitrogen and oxygen atoms in total. The first-order valence-electron chi connectivity index (χ1n) is 7.94. The number of thioether (sulfide) groups is 1. The van der Waals surface area contributed by atoms with Gasteiger partial charge in [0.05, 0.1) is 0 Å². The molecule has 0 saturated heterocycles. The number of amides is 1. The van der Waals surface area contributed by atoms with Crippen molar-refractivity contribution in [3.8, 4) is 5.75 Å². The molecule has 0 aliphatic rings. The molecule has 0 radical (unpaired) electrons. The van der Waals surface area contributed by atoms with E-state index in [-0.39, 0.29) is 5.91 Å². The number of hydrogen-bond donors (Lipinski definition) is 1. The second-order valence-corrected chi connectivity index (χ2v) is 6.53. The van der Waals surface area contributed by atoms with Gasteiger partial charge in [0, 0.05) is 23.6 Å². The summed E-state index contributed by atoms with van der Waals surface area (Å²) in [7, 11) is 0. The van der Waals surface area contributed by atoms with E-state index in [2.05, 4.69) is 43.1 Å². The van der Waals surface area contributed by atoms with E-state index in [1.807, 2.05) is 11.8 Å². The van der Waals surface area contributed by atoms with Crippen LogP contribution < -0.4 is 10.1 Å². The summed E-state index contributed by atoms with van der Waals surface area (Å²) in [5.41, 5.74) is 3.24. The lowest BCUT2D eigenvalue weighted by Crippen LogP contribution is -2.25. The summed E-state index contributed by atoms with van der Waals surface area (Å²) in [6.07, 6.45) is 1.69. The van der Waals surface area contributed by atoms with Crippen LogP contribution in [0.1, 0.15) is 21.5 Å². The highest BCUT2D eigenvalue weighted by Gasteiger charge is 2.05. The summed E-state index contributed by atoms with van der Waals surface area (Å²) in [5, 5.41) is 2.94. The molecule has 0 bridgehead atoms. The van der Waals surface area contributed by atoms with Crippen molar-refractivity contribution in [3.05, 3.63) is 77.9 Å². The van der Waals surface area contributed by atoms with Crippen molar-refractivity contribution in [2.24, 2.45) is 0 Å². The van der Waals surface area contributed by atoms with Gasteiger partial charge in [0.1, 0.15) is 12.4 Å². The van der Waals surface area contributed by atoms with Crippen LogP contribution in [0.2, 0.25) is 0 Å². The molecule has 126 valence electrons. The fourth-order valence-electron chi connectivity index (χ4n) is 2.19. The van der Waals surface area contributed by atoms with Gasteiger partial charge in [-0.05, 0) is 36.8 Å². The molecule has 4 heteroatoms. The molecule has 0 aliphatic carbocycles. The summed E-state index contributed by atoms with van der Waals surface area (Å²) in [5.74, 6) is 2.54. The minimum absolute atomic E-state index is 0.0542. The Balaban J connectivity index is 1.68. The minimum Gasteiger partial charge on any atom is -0.490 e. The van der Waals surface area contributed by atoms with Crippen LogP contribution in [0.4, 0.5) is 0 Å². The Morgan fingerprint density at radius 1 is 1.25 bits per heavy atom. The van der Waals surface area contributed by atoms with E-state index < -0.39 is 0 Å². The molecule has 2 rings (SSSR count). The normalized spacial score (nSPS) is 10.2. The zero-order valence-electron chi connectivity index (χ0n) is 14.0. The molecule has 1 amide bonds. The van der Waals surface area contributed by atoms with E-state index in [1.54, 1.807) is 30.3 Å². The molecule has 2 aromatic carbocycles. The van der Waals surface area contributed by atoms with E-state index >= 15 is 0 Å². The Kier molecular flexibility index (Phi) is 7.43. The van der Waals surface area contributed by atoms with E-state index in [4.69, 9.17) is 4.74 Å². The molecular formula is C20H23NO2S. The fraction of sp³-hybridized carbons (Fsp3) is 0.250. The molecule has 0 spiro atoms. The molecule has 1 N–H and O–H groups in total. The first-order valence-corrected chi connectivity index (χ1v) is 9.10. The van der Waals surface area contributed by atoms with Gasteiger partial charge in [-0.15, -0.1) is 0 Å². The van der Waals surface area contributed by atoms with Gasteiger partial charge in [-0.2, -0.15) is 11.8 Å². The molecule has 24 heavy (non-hydrogen) atoms. The number of hydrogen-bond acceptors (Lipinski definition) is 3. The Hall–Kier alpha value is -2.20. The van der Waals surface area contributed by atoms with E-state index in [0.29, 0.717) is 18.7 Å². The van der Waals surface area contributed by atoms with Crippen LogP contribution in [-0.2, 0) is 5.75 Å². The molecule has 0 saturated carbocycles. The van der Waals surface area contributed by atoms with E-state index in [1.165, 1.54) is 11.1 Å². The van der Waals surface area contributed by atoms with E-state index in [9.17, 15) is 4.79 Å². The Bertz CT molecular complexity index is 668. The number of carbonyl (C=O) groups excluding carboxylic acids is 1. The lowest BCUT2D eigenvalue weighted by Gasteiger charge is -2.07. The number of aryl methyl sites for hydroxylation is 1. The molecule has 0 aliphatic heterocycles. The number of ether oxygens (including phenoxy) is 1. The molecule has 0 unspecified atom stereocenters. The van der Waals surface area contributed by atoms with Crippen molar-refractivity contribution in [1.29, 1.82) is 0 Å². The number of nitrogens with one attached hydrogen (secondary N) is 1. The highest BCUT2D eigenvalue weighted by Crippen LogP contribution is 2.14. The quantitative estimate of drug-likeness (QED) is 0.548. The predicted octanol–water partition coefficient (Wildman–Crippen LogP) is 4.22. The maximum atomic E-state index is 12.1. The SMILES string of the molecule is C=CCOc1ccc(C(=O)NCCSCc2cccc(C)c2)cc1. The highest BCUT2D eigenvalue weighted by atomic mass is 32.2. The van der Waals surface area contributed by atoms with Crippen molar-refractivity contribution >= 4 is 17.7 Å². The number of rotatable bonds is 9. The second-order valence-electron chi connectivity index (χ2n) is 5.42. The summed E-state index contributed by atoms with van der Waals surface area (Å²) in [4.78, 5) is 12.1. The van der Waals surface area contributed by atoms with Crippen molar-refractivity contribution in [2.75, 3.05) is 18.9 Å². The molecule has 0 fully saturated rings. The third kappa shape index (κ3) is 6.13. The highest BCUT2D eigenvalue weighted by molar-refractivity contribution is 7.98. The average Bonchev–Trinajstić information content (AvgIpc) is 2.60. The van der Waals surface area contributed by atoms with Crippen LogP contribution in [0.25, 0.3) is 0 Å². The summed E-state index contributed by atoms with van der Waals surface area (Å²) in [6, 6.07) is 15.6. The molecule has 0 heterocycles. The van der Waals surface area contributed by atoms with Gasteiger partial charge in [-0.25, -0.2) is 0 Å². The summed E-state index contributed by atoms with van der Waals surface area (Å²) in [6.45, 7) is 6.82. The summed E-state index contributed by atoms with van der Waals surface area (Å²) < 4.78 is 5.40. The van der Waals surface area contributed by atoms with Crippen LogP contribution >= 0.6 is 11.8 Å². The molecule has 2 aromatic rings. The van der Waals surface area contributed by atoms with Gasteiger partial charge in [0.2, 0.25) is 0 Å². The Morgan fingerprint density at radius 3 is 2.75 bits per heavy atom. The van der Waals surface area contributed by atoms with Gasteiger partial charge in [0.25, 0.3) is 5.91 Å². The standard InChI is InChI=1S/C20H23NO2S/c1-3-12-23-19-9-7-18(8-10-19)20(22)21-11-13-24-15-17-6-4-5-16(2)14-17/h3-10,14H,1,11-13,15H2,2H3,(H,21,22). The smallest absolute Gasteiger partial charge is 0.251 e. The number of carbonyl (C=O) groups is 1. The van der Waals surface area contributed by atoms with Gasteiger partial charge in [-0.3, -0.25) is 4.79 Å². The van der Waals surface area contributed by atoms with E-state index in [0.717, 1.165) is 17.3 Å². The predicted molar refractivity (Wildman–Crippen MR) is 102 cm³/mol. The average molecular weight is 341 g/mol. The van der Waals surface area contributed by atoms with Gasteiger partial charge >= 0.3 is 0 Å². The molecular weight excluding hydrogens is 318 g/mol. The number of benzene rings is 2. The first kappa shape index (κ1) is 18.1. The van der Waals surface area contributed by atoms with Crippen LogP contribution in [0.3, 0.4) is 0 Å². The maximum Gasteiger partial charge on any atom is 0.251 e. The fourth-order valence-corrected chi connectivity index (χ4v) is 2.99. The zero-order chi connectivity index (χ0) is 17.2. The van der Waals surface area contributed by atoms with Crippen LogP contribution in [0.5, 0.6) is 5.75 Å². The van der Waals surface area contributed by atoms with Crippen molar-refractivity contribution in [1.82, 2.24) is 5.32 Å². The second kappa shape index (κ2) is 9.83. The first-order chi connectivity index (χ1) is 11.7. The topological polar surface area (TPSA) is 38.3 Å². The monoisotopic (exact) mass is 341 g/mol. The van der Waals surface area contributed by atoms with Gasteiger partial charge in [0.15, 0.2) is 0 Å². The van der Waals surface area contributed by atoms with Gasteiger partial charge in [-0.1, -0.05) is 42.5 Å². The van der Waals surface area contributed by atoms with Crippen LogP contribution in [0.15, 0.2) is 61.2 Å². The molecule has 0 aromatic heterocycles. The van der Waals surface area contributed by atoms with Crippen LogP contribution in [-0.4, -0.2) is 24.8 Å². The Morgan fingerprint density at radius 2 is 2.04 bits per heavy atom.